The molecule has 8 nitrogen and oxygen atoms in total. The summed E-state index contributed by atoms with van der Waals surface area (Å²) in [5, 5.41) is 7.08. The number of anilines is 2. The van der Waals surface area contributed by atoms with Crippen LogP contribution >= 0.6 is 12.2 Å². The highest BCUT2D eigenvalue weighted by molar-refractivity contribution is 7.80. The van der Waals surface area contributed by atoms with Crippen LogP contribution in [0.15, 0.2) is 85.5 Å². The molecule has 4 heterocycles. The van der Waals surface area contributed by atoms with Crippen molar-refractivity contribution in [1.29, 1.82) is 0 Å². The summed E-state index contributed by atoms with van der Waals surface area (Å²) >= 11 is 5.91. The van der Waals surface area contributed by atoms with Gasteiger partial charge < -0.3 is 24.8 Å². The van der Waals surface area contributed by atoms with Gasteiger partial charge in [-0.25, -0.2) is 0 Å². The maximum absolute atomic E-state index is 12.7. The molecule has 9 heteroatoms. The SMILES string of the molecule is COc1cc(N2C(=S)NC(c3ccccn3)C2c2cccn2Cc2cccnc2)ccc1NC(=O)C(C)(C)C. The Morgan fingerprint density at radius 2 is 1.95 bits per heavy atom. The molecule has 2 unspecified atom stereocenters. The Kier molecular flexibility index (Phi) is 7.34. The van der Waals surface area contributed by atoms with Gasteiger partial charge in [0.15, 0.2) is 5.11 Å². The van der Waals surface area contributed by atoms with Crippen molar-refractivity contribution in [3.8, 4) is 5.75 Å². The number of ether oxygens (including phenoxy) is 1. The van der Waals surface area contributed by atoms with Crippen LogP contribution in [0.1, 0.15) is 49.8 Å². The molecule has 4 aromatic rings. The summed E-state index contributed by atoms with van der Waals surface area (Å²) in [6, 6.07) is 19.4. The minimum Gasteiger partial charge on any atom is -0.494 e. The number of hydrogen-bond acceptors (Lipinski definition) is 5. The number of thiocarbonyl (C=S) groups is 1. The summed E-state index contributed by atoms with van der Waals surface area (Å²) in [4.78, 5) is 23.7. The van der Waals surface area contributed by atoms with E-state index >= 15 is 0 Å². The normalized spacial score (nSPS) is 17.1. The Labute approximate surface area is 234 Å². The van der Waals surface area contributed by atoms with Crippen LogP contribution in [-0.4, -0.2) is 32.7 Å². The van der Waals surface area contributed by atoms with Crippen molar-refractivity contribution in [2.45, 2.75) is 39.4 Å². The summed E-state index contributed by atoms with van der Waals surface area (Å²) in [5.74, 6) is 0.465. The van der Waals surface area contributed by atoms with Gasteiger partial charge in [0.05, 0.1) is 24.5 Å². The van der Waals surface area contributed by atoms with E-state index in [0.717, 1.165) is 22.6 Å². The molecule has 1 aromatic carbocycles. The fourth-order valence-corrected chi connectivity index (χ4v) is 5.05. The molecule has 39 heavy (non-hydrogen) atoms. The van der Waals surface area contributed by atoms with Crippen LogP contribution in [0.2, 0.25) is 0 Å². The van der Waals surface area contributed by atoms with E-state index in [4.69, 9.17) is 17.0 Å². The summed E-state index contributed by atoms with van der Waals surface area (Å²) < 4.78 is 7.92. The third-order valence-corrected chi connectivity index (χ3v) is 7.05. The minimum absolute atomic E-state index is 0.0896. The number of nitrogens with one attached hydrogen (secondary N) is 2. The highest BCUT2D eigenvalue weighted by atomic mass is 32.1. The van der Waals surface area contributed by atoms with Gasteiger partial charge in [0.1, 0.15) is 11.8 Å². The molecule has 2 N–H and O–H groups in total. The van der Waals surface area contributed by atoms with E-state index in [1.54, 1.807) is 19.5 Å². The van der Waals surface area contributed by atoms with Gasteiger partial charge in [0, 0.05) is 54.2 Å². The second-order valence-electron chi connectivity index (χ2n) is 10.5. The number of pyridine rings is 2. The maximum Gasteiger partial charge on any atom is 0.229 e. The summed E-state index contributed by atoms with van der Waals surface area (Å²) in [5.41, 5.74) is 3.98. The zero-order valence-corrected chi connectivity index (χ0v) is 23.3. The molecule has 0 bridgehead atoms. The fourth-order valence-electron chi connectivity index (χ4n) is 4.70. The lowest BCUT2D eigenvalue weighted by atomic mass is 9.95. The van der Waals surface area contributed by atoms with Crippen LogP contribution in [0.5, 0.6) is 5.75 Å². The van der Waals surface area contributed by atoms with Crippen LogP contribution in [0.3, 0.4) is 0 Å². The van der Waals surface area contributed by atoms with Crippen molar-refractivity contribution in [1.82, 2.24) is 19.9 Å². The first-order valence-corrected chi connectivity index (χ1v) is 13.2. The van der Waals surface area contributed by atoms with Crippen molar-refractivity contribution < 1.29 is 9.53 Å². The average Bonchev–Trinajstić information content (AvgIpc) is 3.52. The maximum atomic E-state index is 12.7. The quantitative estimate of drug-likeness (QED) is 0.300. The Bertz CT molecular complexity index is 1470. The first-order chi connectivity index (χ1) is 18.8. The Morgan fingerprint density at radius 1 is 1.10 bits per heavy atom. The van der Waals surface area contributed by atoms with Gasteiger partial charge in [0.2, 0.25) is 5.91 Å². The first kappa shape index (κ1) is 26.4. The van der Waals surface area contributed by atoms with Crippen LogP contribution in [0, 0.1) is 5.41 Å². The van der Waals surface area contributed by atoms with Gasteiger partial charge in [-0.15, -0.1) is 0 Å². The Hall–Kier alpha value is -4.24. The number of carbonyl (C=O) groups is 1. The molecule has 2 atom stereocenters. The van der Waals surface area contributed by atoms with Crippen molar-refractivity contribution >= 4 is 34.6 Å². The zero-order chi connectivity index (χ0) is 27.6. The van der Waals surface area contributed by atoms with Crippen molar-refractivity contribution in [2.24, 2.45) is 5.41 Å². The lowest BCUT2D eigenvalue weighted by molar-refractivity contribution is -0.123. The third-order valence-electron chi connectivity index (χ3n) is 6.73. The van der Waals surface area contributed by atoms with E-state index in [1.807, 2.05) is 75.5 Å². The lowest BCUT2D eigenvalue weighted by Gasteiger charge is -2.29. The number of nitrogens with zero attached hydrogens (tertiary/aromatic N) is 4. The molecule has 0 spiro atoms. The number of carbonyl (C=O) groups excluding carboxylic acids is 1. The van der Waals surface area contributed by atoms with Gasteiger partial charge >= 0.3 is 0 Å². The van der Waals surface area contributed by atoms with E-state index in [0.29, 0.717) is 23.1 Å². The molecule has 1 saturated heterocycles. The number of benzene rings is 1. The highest BCUT2D eigenvalue weighted by Crippen LogP contribution is 2.43. The molecule has 5 rings (SSSR count). The van der Waals surface area contributed by atoms with Gasteiger partial charge in [-0.1, -0.05) is 32.9 Å². The zero-order valence-electron chi connectivity index (χ0n) is 22.5. The van der Waals surface area contributed by atoms with Crippen LogP contribution in [0.25, 0.3) is 0 Å². The summed E-state index contributed by atoms with van der Waals surface area (Å²) in [7, 11) is 1.60. The monoisotopic (exact) mass is 540 g/mol. The standard InChI is InChI=1S/C30H32N6O2S/c1-30(2,3)28(37)33-22-13-12-21(17-25(22)38-4)36-27(26(34-29(36)39)23-10-5-6-15-32-23)24-11-8-16-35(24)19-20-9-7-14-31-18-20/h5-18,26-27H,19H2,1-4H3,(H,33,37)(H,34,39). The van der Waals surface area contributed by atoms with E-state index in [-0.39, 0.29) is 18.0 Å². The van der Waals surface area contributed by atoms with Crippen LogP contribution < -0.4 is 20.3 Å². The molecular formula is C30H32N6O2S. The molecule has 0 saturated carbocycles. The Morgan fingerprint density at radius 3 is 2.64 bits per heavy atom. The summed E-state index contributed by atoms with van der Waals surface area (Å²) in [6.45, 7) is 6.30. The number of amides is 1. The van der Waals surface area contributed by atoms with Gasteiger partial charge in [0.25, 0.3) is 0 Å². The number of methoxy groups -OCH3 is 1. The van der Waals surface area contributed by atoms with Gasteiger partial charge in [-0.3, -0.25) is 14.8 Å². The molecule has 200 valence electrons. The summed E-state index contributed by atoms with van der Waals surface area (Å²) in [6.07, 6.45) is 7.53. The molecule has 3 aromatic heterocycles. The van der Waals surface area contributed by atoms with Gasteiger partial charge in [-0.2, -0.15) is 0 Å². The second kappa shape index (κ2) is 10.9. The Balaban J connectivity index is 1.56. The van der Waals surface area contributed by atoms with E-state index < -0.39 is 5.41 Å². The molecule has 1 amide bonds. The van der Waals surface area contributed by atoms with Gasteiger partial charge in [-0.05, 0) is 60.2 Å². The average molecular weight is 541 g/mol. The molecule has 1 aliphatic rings. The predicted molar refractivity (Wildman–Crippen MR) is 157 cm³/mol. The van der Waals surface area contributed by atoms with Crippen molar-refractivity contribution in [3.63, 3.8) is 0 Å². The molecule has 0 aliphatic carbocycles. The van der Waals surface area contributed by atoms with Crippen molar-refractivity contribution in [3.05, 3.63) is 102 Å². The smallest absolute Gasteiger partial charge is 0.229 e. The largest absolute Gasteiger partial charge is 0.494 e. The van der Waals surface area contributed by atoms with E-state index in [9.17, 15) is 4.79 Å². The number of rotatable bonds is 7. The molecule has 1 fully saturated rings. The second-order valence-corrected chi connectivity index (χ2v) is 10.9. The van der Waals surface area contributed by atoms with Crippen LogP contribution in [0.4, 0.5) is 11.4 Å². The first-order valence-electron chi connectivity index (χ1n) is 12.8. The molecule has 1 aliphatic heterocycles. The van der Waals surface area contributed by atoms with Crippen LogP contribution in [-0.2, 0) is 11.3 Å². The minimum atomic E-state index is -0.537. The number of aromatic nitrogens is 3. The molecular weight excluding hydrogens is 508 g/mol. The van der Waals surface area contributed by atoms with E-state index in [1.165, 1.54) is 0 Å². The van der Waals surface area contributed by atoms with Crippen molar-refractivity contribution in [2.75, 3.05) is 17.3 Å². The predicted octanol–water partition coefficient (Wildman–Crippen LogP) is 5.50. The highest BCUT2D eigenvalue weighted by Gasteiger charge is 2.42. The fraction of sp³-hybridized carbons (Fsp3) is 0.267. The lowest BCUT2D eigenvalue weighted by Crippen LogP contribution is -2.31. The molecule has 0 radical (unpaired) electrons. The topological polar surface area (TPSA) is 84.3 Å². The number of hydrogen-bond donors (Lipinski definition) is 2. The third kappa shape index (κ3) is 5.49. The van der Waals surface area contributed by atoms with E-state index in [2.05, 4.69) is 48.4 Å².